The van der Waals surface area contributed by atoms with Gasteiger partial charge in [-0.1, -0.05) is 32.0 Å². The molecule has 0 aliphatic heterocycles. The first-order valence-corrected chi connectivity index (χ1v) is 11.1. The van der Waals surface area contributed by atoms with Gasteiger partial charge in [-0.15, -0.1) is 0 Å². The number of likely N-dealkylation sites (N-methyl/N-ethyl adjacent to an activating group) is 1. The highest BCUT2D eigenvalue weighted by Crippen LogP contribution is 2.60. The van der Waals surface area contributed by atoms with Gasteiger partial charge in [0, 0.05) is 24.6 Å². The zero-order chi connectivity index (χ0) is 20.8. The van der Waals surface area contributed by atoms with Gasteiger partial charge in [-0.05, 0) is 68.3 Å². The molecule has 1 atom stereocenters. The van der Waals surface area contributed by atoms with Gasteiger partial charge in [0.05, 0.1) is 0 Å². The van der Waals surface area contributed by atoms with Crippen LogP contribution in [-0.4, -0.2) is 29.8 Å². The first kappa shape index (κ1) is 20.4. The summed E-state index contributed by atoms with van der Waals surface area (Å²) in [7, 11) is 1.68. The van der Waals surface area contributed by atoms with Crippen LogP contribution in [0.2, 0.25) is 0 Å². The van der Waals surface area contributed by atoms with Crippen LogP contribution in [0.5, 0.6) is 0 Å². The van der Waals surface area contributed by atoms with Gasteiger partial charge in [0.2, 0.25) is 11.8 Å². The van der Waals surface area contributed by atoms with E-state index in [1.165, 1.54) is 30.2 Å². The quantitative estimate of drug-likeness (QED) is 0.780. The Morgan fingerprint density at radius 3 is 2.17 bits per heavy atom. The Kier molecular flexibility index (Phi) is 5.43. The number of carbonyl (C=O) groups excluding carboxylic acids is 2. The van der Waals surface area contributed by atoms with Crippen molar-refractivity contribution >= 4 is 11.8 Å². The third-order valence-corrected chi connectivity index (χ3v) is 7.48. The number of benzene rings is 1. The largest absolute Gasteiger partial charge is 0.344 e. The normalized spacial score (nSPS) is 31.0. The van der Waals surface area contributed by atoms with E-state index in [1.54, 1.807) is 25.2 Å². The number of nitrogens with one attached hydrogen (secondary N) is 1. The molecule has 4 saturated carbocycles. The van der Waals surface area contributed by atoms with Crippen molar-refractivity contribution in [2.75, 3.05) is 7.05 Å². The molecule has 2 amide bonds. The summed E-state index contributed by atoms with van der Waals surface area (Å²) < 4.78 is 14.0. The van der Waals surface area contributed by atoms with E-state index >= 15 is 0 Å². The Balaban J connectivity index is 1.45. The minimum absolute atomic E-state index is 0.0246. The van der Waals surface area contributed by atoms with Crippen LogP contribution in [0, 0.1) is 34.9 Å². The molecule has 158 valence electrons. The molecule has 5 rings (SSSR count). The summed E-state index contributed by atoms with van der Waals surface area (Å²) >= 11 is 0. The third kappa shape index (κ3) is 3.93. The fourth-order valence-corrected chi connectivity index (χ4v) is 6.39. The van der Waals surface area contributed by atoms with Crippen LogP contribution in [-0.2, 0) is 16.1 Å². The van der Waals surface area contributed by atoms with E-state index in [0.717, 1.165) is 19.3 Å². The van der Waals surface area contributed by atoms with Gasteiger partial charge in [-0.2, -0.15) is 0 Å². The Morgan fingerprint density at radius 2 is 1.66 bits per heavy atom. The van der Waals surface area contributed by atoms with Crippen molar-refractivity contribution < 1.29 is 14.0 Å². The molecular weight excluding hydrogens is 367 g/mol. The lowest BCUT2D eigenvalue weighted by molar-refractivity contribution is -0.150. The minimum Gasteiger partial charge on any atom is -0.344 e. The second kappa shape index (κ2) is 7.73. The number of halogens is 1. The van der Waals surface area contributed by atoms with Gasteiger partial charge in [0.25, 0.3) is 0 Å². The standard InChI is InChI=1S/C24H33FN2O2/c1-15(2)21(22(28)27(3)14-19-6-4-5-7-20(19)25)26-23(29)24-11-16-8-17(12-24)10-18(9-16)13-24/h4-7,15-18,21H,8-14H2,1-3H3,(H,26,29)/t16?,17?,18?,21-,24?/m0/s1. The molecule has 0 heterocycles. The average molecular weight is 401 g/mol. The molecule has 0 saturated heterocycles. The minimum atomic E-state index is -0.577. The van der Waals surface area contributed by atoms with Gasteiger partial charge in [0.15, 0.2) is 0 Å². The maximum absolute atomic E-state index is 14.0. The van der Waals surface area contributed by atoms with Crippen LogP contribution in [0.25, 0.3) is 0 Å². The fraction of sp³-hybridized carbons (Fsp3) is 0.667. The highest BCUT2D eigenvalue weighted by Gasteiger charge is 2.55. The zero-order valence-corrected chi connectivity index (χ0v) is 17.8. The van der Waals surface area contributed by atoms with Crippen LogP contribution >= 0.6 is 0 Å². The maximum atomic E-state index is 14.0. The molecule has 0 aromatic heterocycles. The summed E-state index contributed by atoms with van der Waals surface area (Å²) in [6.45, 7) is 4.11. The van der Waals surface area contributed by atoms with Crippen molar-refractivity contribution in [3.63, 3.8) is 0 Å². The second-order valence-electron chi connectivity index (χ2n) is 10.2. The number of hydrogen-bond donors (Lipinski definition) is 1. The summed E-state index contributed by atoms with van der Waals surface area (Å²) in [5.74, 6) is 1.63. The lowest BCUT2D eigenvalue weighted by Gasteiger charge is -2.56. The maximum Gasteiger partial charge on any atom is 0.245 e. The van der Waals surface area contributed by atoms with Gasteiger partial charge >= 0.3 is 0 Å². The SMILES string of the molecule is CC(C)[C@H](NC(=O)C12CC3CC(CC(C3)C1)C2)C(=O)N(C)Cc1ccccc1F. The van der Waals surface area contributed by atoms with Crippen molar-refractivity contribution in [2.24, 2.45) is 29.1 Å². The number of carbonyl (C=O) groups is 2. The van der Waals surface area contributed by atoms with Gasteiger partial charge < -0.3 is 10.2 Å². The summed E-state index contributed by atoms with van der Waals surface area (Å²) in [6, 6.07) is 5.93. The number of nitrogens with zero attached hydrogens (tertiary/aromatic N) is 1. The van der Waals surface area contributed by atoms with Crippen LogP contribution in [0.3, 0.4) is 0 Å². The van der Waals surface area contributed by atoms with Crippen LogP contribution in [0.15, 0.2) is 24.3 Å². The predicted octanol–water partition coefficient (Wildman–Crippen LogP) is 4.14. The van der Waals surface area contributed by atoms with E-state index in [4.69, 9.17) is 0 Å². The van der Waals surface area contributed by atoms with E-state index in [0.29, 0.717) is 23.3 Å². The summed E-state index contributed by atoms with van der Waals surface area (Å²) in [4.78, 5) is 28.1. The molecular formula is C24H33FN2O2. The molecule has 29 heavy (non-hydrogen) atoms. The number of rotatable bonds is 6. The van der Waals surface area contributed by atoms with E-state index in [1.807, 2.05) is 13.8 Å². The topological polar surface area (TPSA) is 49.4 Å². The molecule has 0 unspecified atom stereocenters. The zero-order valence-electron chi connectivity index (χ0n) is 17.8. The van der Waals surface area contributed by atoms with Crippen LogP contribution in [0.1, 0.15) is 57.9 Å². The molecule has 1 N–H and O–H groups in total. The summed E-state index contributed by atoms with van der Waals surface area (Å²) in [6.07, 6.45) is 6.79. The van der Waals surface area contributed by atoms with E-state index < -0.39 is 6.04 Å². The highest BCUT2D eigenvalue weighted by atomic mass is 19.1. The van der Waals surface area contributed by atoms with Crippen LogP contribution < -0.4 is 5.32 Å². The van der Waals surface area contributed by atoms with Crippen molar-refractivity contribution in [2.45, 2.75) is 65.0 Å². The number of hydrogen-bond acceptors (Lipinski definition) is 2. The van der Waals surface area contributed by atoms with Crippen LogP contribution in [0.4, 0.5) is 4.39 Å². The van der Waals surface area contributed by atoms with E-state index in [2.05, 4.69) is 5.32 Å². The Bertz CT molecular complexity index is 756. The smallest absolute Gasteiger partial charge is 0.245 e. The molecule has 4 bridgehead atoms. The van der Waals surface area contributed by atoms with E-state index in [9.17, 15) is 14.0 Å². The predicted molar refractivity (Wildman–Crippen MR) is 110 cm³/mol. The molecule has 5 heteroatoms. The van der Waals surface area contributed by atoms with E-state index in [-0.39, 0.29) is 35.5 Å². The Morgan fingerprint density at radius 1 is 1.10 bits per heavy atom. The Hall–Kier alpha value is -1.91. The Labute approximate surface area is 173 Å². The first-order chi connectivity index (χ1) is 13.8. The van der Waals surface area contributed by atoms with Crippen molar-refractivity contribution in [3.8, 4) is 0 Å². The summed E-state index contributed by atoms with van der Waals surface area (Å²) in [5, 5.41) is 3.13. The molecule has 1 aromatic rings. The van der Waals surface area contributed by atoms with Crippen molar-refractivity contribution in [1.29, 1.82) is 0 Å². The molecule has 4 aliphatic rings. The third-order valence-electron chi connectivity index (χ3n) is 7.48. The number of amides is 2. The monoisotopic (exact) mass is 400 g/mol. The summed E-state index contributed by atoms with van der Waals surface area (Å²) in [5.41, 5.74) is 0.213. The lowest BCUT2D eigenvalue weighted by atomic mass is 9.49. The molecule has 1 aromatic carbocycles. The van der Waals surface area contributed by atoms with Gasteiger partial charge in [-0.3, -0.25) is 9.59 Å². The van der Waals surface area contributed by atoms with Crippen molar-refractivity contribution in [1.82, 2.24) is 10.2 Å². The van der Waals surface area contributed by atoms with Gasteiger partial charge in [0.1, 0.15) is 11.9 Å². The molecule has 4 nitrogen and oxygen atoms in total. The molecule has 0 spiro atoms. The molecule has 4 aliphatic carbocycles. The molecule has 4 fully saturated rings. The fourth-order valence-electron chi connectivity index (χ4n) is 6.39. The lowest BCUT2D eigenvalue weighted by Crippen LogP contribution is -2.58. The van der Waals surface area contributed by atoms with Gasteiger partial charge in [-0.25, -0.2) is 4.39 Å². The first-order valence-electron chi connectivity index (χ1n) is 11.1. The molecule has 0 radical (unpaired) electrons. The highest BCUT2D eigenvalue weighted by molar-refractivity contribution is 5.90. The average Bonchev–Trinajstić information content (AvgIpc) is 2.65. The second-order valence-corrected chi connectivity index (χ2v) is 10.2. The van der Waals surface area contributed by atoms with Crippen molar-refractivity contribution in [3.05, 3.63) is 35.6 Å².